The molecule has 30 heavy (non-hydrogen) atoms. The van der Waals surface area contributed by atoms with Crippen molar-refractivity contribution in [2.24, 2.45) is 0 Å². The summed E-state index contributed by atoms with van der Waals surface area (Å²) in [5.41, 5.74) is 0.891. The minimum atomic E-state index is -0.0720. The minimum absolute atomic E-state index is 0.0720. The number of aromatic nitrogens is 1. The van der Waals surface area contributed by atoms with Gasteiger partial charge in [-0.1, -0.05) is 41.7 Å². The highest BCUT2D eigenvalue weighted by Gasteiger charge is 2.22. The van der Waals surface area contributed by atoms with E-state index in [4.69, 9.17) is 0 Å². The number of hydrogen-bond acceptors (Lipinski definition) is 7. The maximum absolute atomic E-state index is 12.4. The Hall–Kier alpha value is -1.97. The molecule has 1 aromatic heterocycles. The summed E-state index contributed by atoms with van der Waals surface area (Å²) in [6, 6.07) is 7.81. The number of carbonyl (C=O) groups is 3. The Morgan fingerprint density at radius 3 is 2.60 bits per heavy atom. The number of nitrogens with one attached hydrogen (secondary N) is 1. The number of nitrogens with zero attached hydrogens (tertiary/aromatic N) is 3. The molecule has 162 valence electrons. The van der Waals surface area contributed by atoms with Crippen LogP contribution in [0.2, 0.25) is 0 Å². The summed E-state index contributed by atoms with van der Waals surface area (Å²) in [5.74, 6) is 0.950. The van der Waals surface area contributed by atoms with Crippen molar-refractivity contribution < 1.29 is 14.4 Å². The first kappa shape index (κ1) is 22.7. The Morgan fingerprint density at radius 2 is 1.87 bits per heavy atom. The van der Waals surface area contributed by atoms with Crippen LogP contribution in [-0.2, 0) is 14.4 Å². The number of amides is 2. The number of piperazine rings is 1. The fourth-order valence-corrected chi connectivity index (χ4v) is 4.89. The van der Waals surface area contributed by atoms with Gasteiger partial charge in [0.1, 0.15) is 0 Å². The number of para-hydroxylation sites is 1. The second kappa shape index (κ2) is 11.4. The van der Waals surface area contributed by atoms with Gasteiger partial charge in [-0.2, -0.15) is 0 Å². The molecule has 2 heterocycles. The van der Waals surface area contributed by atoms with Gasteiger partial charge in [0.2, 0.25) is 11.8 Å². The average molecular weight is 449 g/mol. The van der Waals surface area contributed by atoms with Gasteiger partial charge in [0.05, 0.1) is 16.8 Å². The zero-order valence-electron chi connectivity index (χ0n) is 17.3. The van der Waals surface area contributed by atoms with Crippen LogP contribution in [0.1, 0.15) is 32.6 Å². The van der Waals surface area contributed by atoms with E-state index in [0.29, 0.717) is 44.3 Å². The molecule has 9 heteroatoms. The third-order valence-electron chi connectivity index (χ3n) is 4.97. The van der Waals surface area contributed by atoms with E-state index in [1.54, 1.807) is 6.92 Å². The Bertz CT molecular complexity index is 845. The zero-order valence-corrected chi connectivity index (χ0v) is 18.9. The molecule has 0 atom stereocenters. The third kappa shape index (κ3) is 7.07. The second-order valence-electron chi connectivity index (χ2n) is 7.34. The quantitative estimate of drug-likeness (QED) is 0.593. The van der Waals surface area contributed by atoms with E-state index in [1.807, 2.05) is 29.2 Å². The number of fused-ring (bicyclic) bond motifs is 1. The number of benzene rings is 1. The molecule has 0 unspecified atom stereocenters. The third-order valence-corrected chi connectivity index (χ3v) is 6.82. The number of hydrogen-bond donors (Lipinski definition) is 1. The molecule has 1 fully saturated rings. The predicted octanol–water partition coefficient (Wildman–Crippen LogP) is 3.22. The normalized spacial score (nSPS) is 14.8. The van der Waals surface area contributed by atoms with Crippen molar-refractivity contribution in [2.45, 2.75) is 32.6 Å². The molecule has 0 aliphatic carbocycles. The van der Waals surface area contributed by atoms with Gasteiger partial charge >= 0.3 is 0 Å². The molecule has 0 bridgehead atoms. The minimum Gasteiger partial charge on any atom is -0.340 e. The molecule has 0 saturated carbocycles. The van der Waals surface area contributed by atoms with E-state index in [0.717, 1.165) is 35.2 Å². The van der Waals surface area contributed by atoms with Gasteiger partial charge in [-0.25, -0.2) is 4.98 Å². The summed E-state index contributed by atoms with van der Waals surface area (Å²) in [5, 5.41) is 3.66. The fourth-order valence-electron chi connectivity index (χ4n) is 3.37. The van der Waals surface area contributed by atoms with E-state index < -0.39 is 0 Å². The maximum Gasteiger partial charge on any atom is 0.240 e. The van der Waals surface area contributed by atoms with Gasteiger partial charge < -0.3 is 10.2 Å². The standard InChI is InChI=1S/C21H28N4O3S2/c1-16(26)29-14-6-2-3-9-20(28)25-12-10-24(11-13-25)15-19(27)23-21-22-17-7-4-5-8-18(17)30-21/h4-5,7-8H,2-3,6,9-15H2,1H3,(H,22,23,27). The van der Waals surface area contributed by atoms with Crippen LogP contribution >= 0.6 is 23.1 Å². The number of anilines is 1. The summed E-state index contributed by atoms with van der Waals surface area (Å²) in [4.78, 5) is 44.0. The van der Waals surface area contributed by atoms with Gasteiger partial charge in [-0.15, -0.1) is 0 Å². The zero-order chi connectivity index (χ0) is 21.3. The first-order valence-electron chi connectivity index (χ1n) is 10.3. The van der Waals surface area contributed by atoms with Crippen molar-refractivity contribution in [3.05, 3.63) is 24.3 Å². The van der Waals surface area contributed by atoms with Crippen LogP contribution in [0.3, 0.4) is 0 Å². The molecule has 2 amide bonds. The van der Waals surface area contributed by atoms with Gasteiger partial charge in [-0.3, -0.25) is 19.3 Å². The Labute approximate surface area is 185 Å². The van der Waals surface area contributed by atoms with E-state index in [9.17, 15) is 14.4 Å². The summed E-state index contributed by atoms with van der Waals surface area (Å²) >= 11 is 2.82. The van der Waals surface area contributed by atoms with Gasteiger partial charge in [-0.05, 0) is 25.0 Å². The van der Waals surface area contributed by atoms with Crippen LogP contribution in [0.25, 0.3) is 10.2 Å². The van der Waals surface area contributed by atoms with Gasteiger partial charge in [0, 0.05) is 45.3 Å². The van der Waals surface area contributed by atoms with E-state index in [-0.39, 0.29) is 16.9 Å². The molecule has 2 aromatic rings. The molecule has 1 saturated heterocycles. The highest BCUT2D eigenvalue weighted by Crippen LogP contribution is 2.25. The van der Waals surface area contributed by atoms with Crippen molar-refractivity contribution in [3.8, 4) is 0 Å². The largest absolute Gasteiger partial charge is 0.340 e. The Balaban J connectivity index is 1.32. The molecular weight excluding hydrogens is 420 g/mol. The van der Waals surface area contributed by atoms with Crippen molar-refractivity contribution in [3.63, 3.8) is 0 Å². The number of carbonyl (C=O) groups excluding carboxylic acids is 3. The Kier molecular flexibility index (Phi) is 8.65. The van der Waals surface area contributed by atoms with Crippen LogP contribution < -0.4 is 5.32 Å². The second-order valence-corrected chi connectivity index (χ2v) is 9.65. The van der Waals surface area contributed by atoms with Crippen molar-refractivity contribution >= 4 is 55.4 Å². The van der Waals surface area contributed by atoms with Crippen LogP contribution in [0.15, 0.2) is 24.3 Å². The molecule has 1 aromatic carbocycles. The van der Waals surface area contributed by atoms with E-state index in [1.165, 1.54) is 23.1 Å². The summed E-state index contributed by atoms with van der Waals surface area (Å²) < 4.78 is 1.05. The first-order valence-corrected chi connectivity index (χ1v) is 12.1. The number of rotatable bonds is 9. The SMILES string of the molecule is CC(=O)SCCCCCC(=O)N1CCN(CC(=O)Nc2nc3ccccc3s2)CC1. The molecule has 1 N–H and O–H groups in total. The van der Waals surface area contributed by atoms with Gasteiger partial charge in [0.25, 0.3) is 0 Å². The molecule has 0 spiro atoms. The van der Waals surface area contributed by atoms with Crippen LogP contribution in [0.4, 0.5) is 5.13 Å². The molecule has 3 rings (SSSR count). The highest BCUT2D eigenvalue weighted by molar-refractivity contribution is 8.13. The van der Waals surface area contributed by atoms with Gasteiger partial charge in [0.15, 0.2) is 10.2 Å². The average Bonchev–Trinajstić information content (AvgIpc) is 3.12. The summed E-state index contributed by atoms with van der Waals surface area (Å²) in [7, 11) is 0. The molecule has 7 nitrogen and oxygen atoms in total. The predicted molar refractivity (Wildman–Crippen MR) is 123 cm³/mol. The summed E-state index contributed by atoms with van der Waals surface area (Å²) in [6.07, 6.45) is 3.36. The van der Waals surface area contributed by atoms with Crippen LogP contribution in [0.5, 0.6) is 0 Å². The van der Waals surface area contributed by atoms with E-state index >= 15 is 0 Å². The Morgan fingerprint density at radius 1 is 1.10 bits per heavy atom. The van der Waals surface area contributed by atoms with Crippen molar-refractivity contribution in [2.75, 3.05) is 43.8 Å². The highest BCUT2D eigenvalue weighted by atomic mass is 32.2. The van der Waals surface area contributed by atoms with E-state index in [2.05, 4.69) is 15.2 Å². The van der Waals surface area contributed by atoms with Crippen molar-refractivity contribution in [1.29, 1.82) is 0 Å². The smallest absolute Gasteiger partial charge is 0.240 e. The lowest BCUT2D eigenvalue weighted by Gasteiger charge is -2.34. The molecule has 1 aliphatic rings. The lowest BCUT2D eigenvalue weighted by atomic mass is 10.2. The monoisotopic (exact) mass is 448 g/mol. The summed E-state index contributed by atoms with van der Waals surface area (Å²) in [6.45, 7) is 4.62. The topological polar surface area (TPSA) is 82.6 Å². The number of thiazole rings is 1. The number of thioether (sulfide) groups is 1. The molecular formula is C21H28N4O3S2. The number of unbranched alkanes of at least 4 members (excludes halogenated alkanes) is 2. The molecule has 0 radical (unpaired) electrons. The molecule has 1 aliphatic heterocycles. The maximum atomic E-state index is 12.4. The lowest BCUT2D eigenvalue weighted by Crippen LogP contribution is -2.50. The lowest BCUT2D eigenvalue weighted by molar-refractivity contribution is -0.133. The van der Waals surface area contributed by atoms with Crippen LogP contribution in [0, 0.1) is 0 Å². The fraction of sp³-hybridized carbons (Fsp3) is 0.524. The van der Waals surface area contributed by atoms with Crippen LogP contribution in [-0.4, -0.2) is 70.2 Å². The van der Waals surface area contributed by atoms with Crippen molar-refractivity contribution in [1.82, 2.24) is 14.8 Å². The first-order chi connectivity index (χ1) is 14.5.